The van der Waals surface area contributed by atoms with Crippen molar-refractivity contribution in [3.8, 4) is 0 Å². The fourth-order valence-corrected chi connectivity index (χ4v) is 3.07. The van der Waals surface area contributed by atoms with E-state index in [0.29, 0.717) is 0 Å². The Hall–Kier alpha value is -2.07. The third-order valence-corrected chi connectivity index (χ3v) is 4.20. The van der Waals surface area contributed by atoms with E-state index >= 15 is 0 Å². The highest BCUT2D eigenvalue weighted by Gasteiger charge is 2.12. The molecule has 0 spiro atoms. The van der Waals surface area contributed by atoms with Crippen molar-refractivity contribution in [2.45, 2.75) is 10.6 Å². The second kappa shape index (κ2) is 5.92. The zero-order chi connectivity index (χ0) is 13.8. The normalized spacial score (nSPS) is 10.7. The minimum atomic E-state index is 0.934. The van der Waals surface area contributed by atoms with E-state index in [4.69, 9.17) is 4.84 Å². The minimum absolute atomic E-state index is 0.934. The molecule has 0 unspecified atom stereocenters. The third-order valence-electron chi connectivity index (χ3n) is 3.09. The topological polar surface area (TPSA) is 26.0 Å². The zero-order valence-corrected chi connectivity index (χ0v) is 12.0. The monoisotopic (exact) mass is 283 g/mol. The molecule has 4 heteroatoms. The molecule has 0 atom stereocenters. The maximum absolute atomic E-state index is 5.31. The highest BCUT2D eigenvalue weighted by Crippen LogP contribution is 2.27. The van der Waals surface area contributed by atoms with Crippen LogP contribution >= 0.6 is 11.8 Å². The first-order valence-electron chi connectivity index (χ1n) is 6.38. The van der Waals surface area contributed by atoms with E-state index in [1.165, 1.54) is 5.56 Å². The van der Waals surface area contributed by atoms with Crippen molar-refractivity contribution in [1.82, 2.24) is 4.98 Å². The average Bonchev–Trinajstić information content (AvgIpc) is 2.53. The largest absolute Gasteiger partial charge is 0.283 e. The van der Waals surface area contributed by atoms with Gasteiger partial charge >= 0.3 is 0 Å². The van der Waals surface area contributed by atoms with Crippen LogP contribution in [0, 0.1) is 0 Å². The van der Waals surface area contributed by atoms with Crippen LogP contribution in [0.4, 0.5) is 0 Å². The summed E-state index contributed by atoms with van der Waals surface area (Å²) in [6.07, 6.45) is 5.62. The van der Waals surface area contributed by atoms with Crippen molar-refractivity contribution in [3.63, 3.8) is 0 Å². The van der Waals surface area contributed by atoms with Gasteiger partial charge in [0.1, 0.15) is 13.3 Å². The first-order chi connectivity index (χ1) is 9.88. The van der Waals surface area contributed by atoms with Gasteiger partial charge in [-0.05, 0) is 11.6 Å². The molecule has 0 saturated carbocycles. The number of pyridine rings is 2. The molecule has 1 aromatic carbocycles. The Morgan fingerprint density at radius 3 is 2.75 bits per heavy atom. The first-order valence-corrected chi connectivity index (χ1v) is 7.36. The van der Waals surface area contributed by atoms with E-state index in [9.17, 15) is 0 Å². The van der Waals surface area contributed by atoms with Gasteiger partial charge in [0.2, 0.25) is 6.20 Å². The lowest BCUT2D eigenvalue weighted by molar-refractivity contribution is -0.865. The second-order valence-electron chi connectivity index (χ2n) is 4.36. The van der Waals surface area contributed by atoms with Crippen LogP contribution in [0.15, 0.2) is 66.0 Å². The second-order valence-corrected chi connectivity index (χ2v) is 5.38. The molecule has 2 heterocycles. The van der Waals surface area contributed by atoms with Crippen molar-refractivity contribution in [2.24, 2.45) is 0 Å². The molecule has 0 amide bonds. The first kappa shape index (κ1) is 12.9. The Bertz CT molecular complexity index is 716. The molecule has 100 valence electrons. The molecule has 3 rings (SSSR count). The van der Waals surface area contributed by atoms with Crippen LogP contribution in [-0.4, -0.2) is 12.1 Å². The minimum Gasteiger partial charge on any atom is -0.274 e. The molecule has 3 aromatic rings. The van der Waals surface area contributed by atoms with E-state index in [1.807, 2.05) is 30.7 Å². The fraction of sp³-hybridized carbons (Fsp3) is 0.125. The average molecular weight is 283 g/mol. The number of hydrogen-bond acceptors (Lipinski definition) is 3. The summed E-state index contributed by atoms with van der Waals surface area (Å²) in [5, 5.41) is 1.16. The predicted molar refractivity (Wildman–Crippen MR) is 80.4 cm³/mol. The van der Waals surface area contributed by atoms with Gasteiger partial charge in [-0.2, -0.15) is 0 Å². The molecule has 0 aliphatic rings. The van der Waals surface area contributed by atoms with Gasteiger partial charge in [0.05, 0.1) is 5.39 Å². The number of nitrogens with zero attached hydrogens (tertiary/aromatic N) is 2. The number of fused-ring (bicyclic) bond motifs is 1. The Kier molecular flexibility index (Phi) is 3.83. The molecule has 0 fully saturated rings. The number of benzene rings is 1. The SMILES string of the molecule is CO[n+]1cccc2c(SCc3ccccc3)cncc21. The molecule has 0 N–H and O–H groups in total. The lowest BCUT2D eigenvalue weighted by atomic mass is 10.2. The summed E-state index contributed by atoms with van der Waals surface area (Å²) < 4.78 is 1.73. The highest BCUT2D eigenvalue weighted by molar-refractivity contribution is 7.98. The van der Waals surface area contributed by atoms with E-state index in [-0.39, 0.29) is 0 Å². The summed E-state index contributed by atoms with van der Waals surface area (Å²) in [6.45, 7) is 0. The number of rotatable bonds is 4. The number of thioether (sulfide) groups is 1. The van der Waals surface area contributed by atoms with E-state index < -0.39 is 0 Å². The van der Waals surface area contributed by atoms with Crippen LogP contribution < -0.4 is 9.57 Å². The van der Waals surface area contributed by atoms with Crippen LogP contribution in [0.5, 0.6) is 0 Å². The molecular weight excluding hydrogens is 268 g/mol. The Balaban J connectivity index is 1.92. The molecule has 0 radical (unpaired) electrons. The van der Waals surface area contributed by atoms with Crippen molar-refractivity contribution in [3.05, 3.63) is 66.6 Å². The molecule has 0 aliphatic heterocycles. The quantitative estimate of drug-likeness (QED) is 0.544. The molecular formula is C16H15N2OS+. The molecule has 20 heavy (non-hydrogen) atoms. The van der Waals surface area contributed by atoms with Gasteiger partial charge in [0, 0.05) is 27.6 Å². The zero-order valence-electron chi connectivity index (χ0n) is 11.2. The Morgan fingerprint density at radius 2 is 1.95 bits per heavy atom. The summed E-state index contributed by atoms with van der Waals surface area (Å²) in [5.41, 5.74) is 2.29. The maximum atomic E-state index is 5.31. The van der Waals surface area contributed by atoms with Crippen LogP contribution in [0.3, 0.4) is 0 Å². The summed E-state index contributed by atoms with van der Waals surface area (Å²) in [6, 6.07) is 14.5. The van der Waals surface area contributed by atoms with Crippen LogP contribution in [-0.2, 0) is 5.75 Å². The van der Waals surface area contributed by atoms with E-state index in [0.717, 1.165) is 21.6 Å². The smallest absolute Gasteiger partial charge is 0.274 e. The Morgan fingerprint density at radius 1 is 1.10 bits per heavy atom. The molecule has 0 saturated heterocycles. The van der Waals surface area contributed by atoms with Crippen molar-refractivity contribution >= 4 is 22.7 Å². The van der Waals surface area contributed by atoms with Crippen LogP contribution in [0.1, 0.15) is 5.56 Å². The van der Waals surface area contributed by atoms with Crippen LogP contribution in [0.25, 0.3) is 10.9 Å². The summed E-state index contributed by atoms with van der Waals surface area (Å²) >= 11 is 1.79. The fourth-order valence-electron chi connectivity index (χ4n) is 2.09. The van der Waals surface area contributed by atoms with Crippen molar-refractivity contribution < 1.29 is 9.57 Å². The predicted octanol–water partition coefficient (Wildman–Crippen LogP) is 2.87. The van der Waals surface area contributed by atoms with E-state index in [2.05, 4.69) is 35.3 Å². The third kappa shape index (κ3) is 2.60. The van der Waals surface area contributed by atoms with Gasteiger partial charge in [-0.1, -0.05) is 30.3 Å². The van der Waals surface area contributed by atoms with Gasteiger partial charge in [0.25, 0.3) is 5.52 Å². The standard InChI is InChI=1S/C16H15N2OS/c1-19-18-9-5-8-14-15(18)10-17-11-16(14)20-12-13-6-3-2-4-7-13/h2-11H,12H2,1H3/q+1. The van der Waals surface area contributed by atoms with Crippen molar-refractivity contribution in [1.29, 1.82) is 0 Å². The van der Waals surface area contributed by atoms with E-state index in [1.54, 1.807) is 23.6 Å². The summed E-state index contributed by atoms with van der Waals surface area (Å²) in [7, 11) is 1.66. The lowest BCUT2D eigenvalue weighted by Gasteiger charge is -2.04. The number of aromatic nitrogens is 2. The molecule has 2 aromatic heterocycles. The van der Waals surface area contributed by atoms with Gasteiger partial charge in [-0.3, -0.25) is 9.82 Å². The maximum Gasteiger partial charge on any atom is 0.283 e. The molecule has 3 nitrogen and oxygen atoms in total. The Labute approximate surface area is 122 Å². The van der Waals surface area contributed by atoms with Gasteiger partial charge < -0.3 is 0 Å². The number of hydrogen-bond donors (Lipinski definition) is 0. The summed E-state index contributed by atoms with van der Waals surface area (Å²) in [4.78, 5) is 10.8. The molecule has 0 aliphatic carbocycles. The lowest BCUT2D eigenvalue weighted by Crippen LogP contribution is -2.40. The van der Waals surface area contributed by atoms with Crippen LogP contribution in [0.2, 0.25) is 0 Å². The van der Waals surface area contributed by atoms with Gasteiger partial charge in [0.15, 0.2) is 0 Å². The molecule has 0 bridgehead atoms. The van der Waals surface area contributed by atoms with Gasteiger partial charge in [-0.25, -0.2) is 0 Å². The summed E-state index contributed by atoms with van der Waals surface area (Å²) in [5.74, 6) is 0.934. The van der Waals surface area contributed by atoms with Crippen molar-refractivity contribution in [2.75, 3.05) is 7.11 Å². The highest BCUT2D eigenvalue weighted by atomic mass is 32.2. The van der Waals surface area contributed by atoms with Gasteiger partial charge in [-0.15, -0.1) is 11.8 Å².